The number of benzene rings is 8. The lowest BCUT2D eigenvalue weighted by atomic mass is 10.1. The molecule has 0 bridgehead atoms. The number of nitrogens with zero attached hydrogens (tertiary/aromatic N) is 5. The molecule has 0 amide bonds. The summed E-state index contributed by atoms with van der Waals surface area (Å²) in [5.74, 6) is 1.59. The van der Waals surface area contributed by atoms with Gasteiger partial charge in [0.15, 0.2) is 11.6 Å². The monoisotopic (exact) mass is 717 g/mol. The van der Waals surface area contributed by atoms with Crippen LogP contribution in [-0.4, -0.2) is 23.9 Å². The molecule has 0 spiro atoms. The largest absolute Gasteiger partial charge is 0.456 e. The van der Waals surface area contributed by atoms with Crippen molar-refractivity contribution in [3.8, 4) is 39.8 Å². The first kappa shape index (κ1) is 30.7. The number of hydrogen-bond donors (Lipinski definition) is 0. The van der Waals surface area contributed by atoms with E-state index in [0.29, 0.717) is 0 Å². The quantitative estimate of drug-likeness (QED) is 0.178. The fraction of sp³-hybridized carbons (Fsp3) is 0. The van der Waals surface area contributed by atoms with Crippen LogP contribution in [0.4, 0.5) is 0 Å². The molecule has 12 aromatic rings. The molecule has 0 aliphatic heterocycles. The molecular formula is C50H31N5O. The van der Waals surface area contributed by atoms with Gasteiger partial charge in [0.2, 0.25) is 0 Å². The predicted molar refractivity (Wildman–Crippen MR) is 228 cm³/mol. The Morgan fingerprint density at radius 3 is 1.73 bits per heavy atom. The lowest BCUT2D eigenvalue weighted by molar-refractivity contribution is 0.669. The van der Waals surface area contributed by atoms with Gasteiger partial charge in [-0.2, -0.15) is 0 Å². The van der Waals surface area contributed by atoms with E-state index in [1.54, 1.807) is 0 Å². The van der Waals surface area contributed by atoms with E-state index in [2.05, 4.69) is 165 Å². The van der Waals surface area contributed by atoms with Crippen molar-refractivity contribution in [2.45, 2.75) is 0 Å². The molecule has 0 unspecified atom stereocenters. The molecule has 56 heavy (non-hydrogen) atoms. The second-order valence-electron chi connectivity index (χ2n) is 14.3. The van der Waals surface area contributed by atoms with Crippen LogP contribution in [0.25, 0.3) is 105 Å². The number of rotatable bonds is 5. The Morgan fingerprint density at radius 2 is 0.929 bits per heavy atom. The third kappa shape index (κ3) is 4.44. The van der Waals surface area contributed by atoms with Crippen LogP contribution in [0.15, 0.2) is 192 Å². The third-order valence-corrected chi connectivity index (χ3v) is 11.2. The van der Waals surface area contributed by atoms with Crippen LogP contribution in [0.1, 0.15) is 0 Å². The molecule has 0 saturated carbocycles. The number of fused-ring (bicyclic) bond motifs is 9. The molecule has 0 radical (unpaired) electrons. The van der Waals surface area contributed by atoms with Gasteiger partial charge in [0, 0.05) is 66.6 Å². The Bertz CT molecular complexity index is 3480. The minimum atomic E-state index is 0.791. The Kier molecular flexibility index (Phi) is 6.53. The average Bonchev–Trinajstić information content (AvgIpc) is 4.03. The molecule has 8 aromatic carbocycles. The van der Waals surface area contributed by atoms with Gasteiger partial charge in [0.1, 0.15) is 11.2 Å². The SMILES string of the molecule is c1ccc(-c2nnc(-c3cccc4c3c3ccccc3n4-c3cccc(-n4c5ccccc5c5cc6c(cc54)oc4ccccc46)c3)n2-c2ccccc2)cc1. The second kappa shape index (κ2) is 11.9. The molecule has 0 N–H and O–H groups in total. The average molecular weight is 718 g/mol. The van der Waals surface area contributed by atoms with Gasteiger partial charge < -0.3 is 13.6 Å². The van der Waals surface area contributed by atoms with Crippen LogP contribution in [0.5, 0.6) is 0 Å². The maximum Gasteiger partial charge on any atom is 0.169 e. The van der Waals surface area contributed by atoms with E-state index in [4.69, 9.17) is 14.6 Å². The predicted octanol–water partition coefficient (Wildman–Crippen LogP) is 12.7. The minimum Gasteiger partial charge on any atom is -0.456 e. The molecule has 6 heteroatoms. The van der Waals surface area contributed by atoms with Gasteiger partial charge in [-0.25, -0.2) is 0 Å². The second-order valence-corrected chi connectivity index (χ2v) is 14.3. The van der Waals surface area contributed by atoms with Crippen molar-refractivity contribution in [1.82, 2.24) is 23.9 Å². The molecular weight excluding hydrogens is 687 g/mol. The van der Waals surface area contributed by atoms with E-state index in [9.17, 15) is 0 Å². The van der Waals surface area contributed by atoms with Gasteiger partial charge in [0.05, 0.1) is 22.1 Å². The van der Waals surface area contributed by atoms with Crippen LogP contribution >= 0.6 is 0 Å². The number of furan rings is 1. The van der Waals surface area contributed by atoms with Crippen molar-refractivity contribution in [2.75, 3.05) is 0 Å². The smallest absolute Gasteiger partial charge is 0.169 e. The van der Waals surface area contributed by atoms with Crippen LogP contribution in [0.3, 0.4) is 0 Å². The van der Waals surface area contributed by atoms with Crippen molar-refractivity contribution >= 4 is 65.6 Å². The Labute approximate surface area is 320 Å². The standard InChI is InChI=1S/C50H31N5O/c1-3-15-32(16-4-1)49-51-52-50(55(49)33-17-5-2-6-18-33)39-24-14-27-44-48(39)38-23-8-11-26-43(38)53(44)34-19-13-20-35(29-34)54-42-25-10-7-21-36(42)40-30-41-37-22-9-12-28-46(37)56-47(41)31-45(40)54/h1-31H. The van der Waals surface area contributed by atoms with E-state index in [0.717, 1.165) is 94.6 Å². The lowest BCUT2D eigenvalue weighted by Gasteiger charge is -2.13. The Hall–Kier alpha value is -7.70. The summed E-state index contributed by atoms with van der Waals surface area (Å²) < 4.78 is 13.3. The first-order valence-electron chi connectivity index (χ1n) is 18.8. The van der Waals surface area contributed by atoms with Crippen molar-refractivity contribution in [2.24, 2.45) is 0 Å². The number of aromatic nitrogens is 5. The van der Waals surface area contributed by atoms with E-state index in [1.165, 1.54) is 10.8 Å². The zero-order valence-electron chi connectivity index (χ0n) is 30.0. The molecule has 12 rings (SSSR count). The van der Waals surface area contributed by atoms with E-state index < -0.39 is 0 Å². The van der Waals surface area contributed by atoms with Crippen LogP contribution < -0.4 is 0 Å². The van der Waals surface area contributed by atoms with E-state index >= 15 is 0 Å². The fourth-order valence-electron chi connectivity index (χ4n) is 8.78. The van der Waals surface area contributed by atoms with Crippen molar-refractivity contribution in [1.29, 1.82) is 0 Å². The summed E-state index contributed by atoms with van der Waals surface area (Å²) in [4.78, 5) is 0. The van der Waals surface area contributed by atoms with Gasteiger partial charge in [-0.1, -0.05) is 121 Å². The summed E-state index contributed by atoms with van der Waals surface area (Å²) in [5.41, 5.74) is 11.4. The Balaban J connectivity index is 1.09. The number of hydrogen-bond acceptors (Lipinski definition) is 3. The topological polar surface area (TPSA) is 53.7 Å². The molecule has 0 aliphatic rings. The summed E-state index contributed by atoms with van der Waals surface area (Å²) >= 11 is 0. The van der Waals surface area contributed by atoms with E-state index in [1.807, 2.05) is 36.4 Å². The minimum absolute atomic E-state index is 0.791. The Morgan fingerprint density at radius 1 is 0.339 bits per heavy atom. The van der Waals surface area contributed by atoms with Gasteiger partial charge in [-0.3, -0.25) is 4.57 Å². The highest BCUT2D eigenvalue weighted by molar-refractivity contribution is 6.18. The molecule has 6 nitrogen and oxygen atoms in total. The number of para-hydroxylation sites is 4. The van der Waals surface area contributed by atoms with Gasteiger partial charge in [0.25, 0.3) is 0 Å². The van der Waals surface area contributed by atoms with Crippen molar-refractivity contribution in [3.63, 3.8) is 0 Å². The molecule has 262 valence electrons. The van der Waals surface area contributed by atoms with E-state index in [-0.39, 0.29) is 0 Å². The normalized spacial score (nSPS) is 11.9. The highest BCUT2D eigenvalue weighted by atomic mass is 16.3. The maximum absolute atomic E-state index is 6.41. The van der Waals surface area contributed by atoms with Crippen LogP contribution in [0.2, 0.25) is 0 Å². The highest BCUT2D eigenvalue weighted by Gasteiger charge is 2.23. The van der Waals surface area contributed by atoms with Gasteiger partial charge in [-0.15, -0.1) is 10.2 Å². The molecule has 0 atom stereocenters. The summed E-state index contributed by atoms with van der Waals surface area (Å²) in [7, 11) is 0. The molecule has 0 aliphatic carbocycles. The zero-order chi connectivity index (χ0) is 36.7. The third-order valence-electron chi connectivity index (χ3n) is 11.2. The van der Waals surface area contributed by atoms with Gasteiger partial charge >= 0.3 is 0 Å². The molecule has 4 heterocycles. The summed E-state index contributed by atoms with van der Waals surface area (Å²) in [6, 6.07) is 66.2. The lowest BCUT2D eigenvalue weighted by Crippen LogP contribution is -2.01. The first-order chi connectivity index (χ1) is 27.8. The summed E-state index contributed by atoms with van der Waals surface area (Å²) in [6.45, 7) is 0. The zero-order valence-corrected chi connectivity index (χ0v) is 30.0. The van der Waals surface area contributed by atoms with Crippen molar-refractivity contribution in [3.05, 3.63) is 188 Å². The molecule has 0 fully saturated rings. The molecule has 0 saturated heterocycles. The summed E-state index contributed by atoms with van der Waals surface area (Å²) in [5, 5.41) is 16.7. The van der Waals surface area contributed by atoms with Crippen LogP contribution in [-0.2, 0) is 0 Å². The molecule has 4 aromatic heterocycles. The van der Waals surface area contributed by atoms with Crippen molar-refractivity contribution < 1.29 is 4.42 Å². The first-order valence-corrected chi connectivity index (χ1v) is 18.8. The highest BCUT2D eigenvalue weighted by Crippen LogP contribution is 2.42. The van der Waals surface area contributed by atoms with Crippen LogP contribution in [0, 0.1) is 0 Å². The fourth-order valence-corrected chi connectivity index (χ4v) is 8.78. The maximum atomic E-state index is 6.41. The summed E-state index contributed by atoms with van der Waals surface area (Å²) in [6.07, 6.45) is 0. The van der Waals surface area contributed by atoms with Gasteiger partial charge in [-0.05, 0) is 60.7 Å².